The highest BCUT2D eigenvalue weighted by molar-refractivity contribution is 5.97. The minimum absolute atomic E-state index is 0.184. The van der Waals surface area contributed by atoms with Crippen LogP contribution < -0.4 is 11.1 Å². The highest BCUT2D eigenvalue weighted by Gasteiger charge is 2.19. The standard InChI is InChI=1S/C11H16N6O2/c1-4-17-10(9(12)6(2)15-17)11(18)13-5-8-14-7(3)19-16-8/h4-5,12H2,1-3H3,(H,13,18). The number of rotatable bonds is 4. The minimum atomic E-state index is -0.303. The smallest absolute Gasteiger partial charge is 0.272 e. The summed E-state index contributed by atoms with van der Waals surface area (Å²) in [7, 11) is 0. The first kappa shape index (κ1) is 13.1. The highest BCUT2D eigenvalue weighted by Crippen LogP contribution is 2.16. The number of nitrogens with two attached hydrogens (primary N) is 1. The fourth-order valence-corrected chi connectivity index (χ4v) is 1.72. The Bertz CT molecular complexity index is 600. The maximum atomic E-state index is 12.1. The van der Waals surface area contributed by atoms with Gasteiger partial charge >= 0.3 is 0 Å². The molecule has 19 heavy (non-hydrogen) atoms. The lowest BCUT2D eigenvalue weighted by atomic mass is 10.3. The normalized spacial score (nSPS) is 10.7. The molecule has 3 N–H and O–H groups in total. The van der Waals surface area contributed by atoms with Crippen LogP contribution in [-0.4, -0.2) is 25.8 Å². The molecule has 0 aliphatic carbocycles. The summed E-state index contributed by atoms with van der Waals surface area (Å²) < 4.78 is 6.39. The van der Waals surface area contributed by atoms with Crippen LogP contribution in [0, 0.1) is 13.8 Å². The number of carbonyl (C=O) groups is 1. The molecule has 0 aromatic carbocycles. The molecule has 2 heterocycles. The number of hydrogen-bond donors (Lipinski definition) is 2. The second-order valence-corrected chi connectivity index (χ2v) is 4.08. The topological polar surface area (TPSA) is 112 Å². The number of carbonyl (C=O) groups excluding carboxylic acids is 1. The first-order valence-electron chi connectivity index (χ1n) is 5.93. The molecule has 0 saturated heterocycles. The first-order chi connectivity index (χ1) is 9.02. The second kappa shape index (κ2) is 5.09. The Morgan fingerprint density at radius 2 is 2.21 bits per heavy atom. The lowest BCUT2D eigenvalue weighted by molar-refractivity contribution is 0.0940. The van der Waals surface area contributed by atoms with E-state index in [2.05, 4.69) is 20.6 Å². The molecule has 8 nitrogen and oxygen atoms in total. The van der Waals surface area contributed by atoms with Crippen molar-refractivity contribution in [1.29, 1.82) is 0 Å². The van der Waals surface area contributed by atoms with E-state index in [4.69, 9.17) is 10.3 Å². The summed E-state index contributed by atoms with van der Waals surface area (Å²) in [6, 6.07) is 0. The Balaban J connectivity index is 2.12. The second-order valence-electron chi connectivity index (χ2n) is 4.08. The van der Waals surface area contributed by atoms with Gasteiger partial charge in [0.15, 0.2) is 5.82 Å². The summed E-state index contributed by atoms with van der Waals surface area (Å²) in [5.74, 6) is 0.573. The molecule has 0 saturated carbocycles. The van der Waals surface area contributed by atoms with Gasteiger partial charge in [-0.15, -0.1) is 0 Å². The Labute approximate surface area is 110 Å². The van der Waals surface area contributed by atoms with Crippen LogP contribution in [0.25, 0.3) is 0 Å². The van der Waals surface area contributed by atoms with E-state index >= 15 is 0 Å². The number of amides is 1. The van der Waals surface area contributed by atoms with Gasteiger partial charge in [0, 0.05) is 13.5 Å². The van der Waals surface area contributed by atoms with Crippen LogP contribution in [0.5, 0.6) is 0 Å². The maximum absolute atomic E-state index is 12.1. The van der Waals surface area contributed by atoms with Crippen molar-refractivity contribution in [1.82, 2.24) is 25.2 Å². The zero-order valence-corrected chi connectivity index (χ0v) is 11.1. The van der Waals surface area contributed by atoms with Crippen molar-refractivity contribution in [2.75, 3.05) is 5.73 Å². The third-order valence-corrected chi connectivity index (χ3v) is 2.67. The molecule has 0 spiro atoms. The molecular weight excluding hydrogens is 248 g/mol. The molecule has 0 aliphatic heterocycles. The Morgan fingerprint density at radius 3 is 2.79 bits per heavy atom. The lowest BCUT2D eigenvalue weighted by Gasteiger charge is -2.05. The van der Waals surface area contributed by atoms with E-state index in [1.165, 1.54) is 0 Å². The number of hydrogen-bond acceptors (Lipinski definition) is 6. The van der Waals surface area contributed by atoms with Crippen LogP contribution in [0.15, 0.2) is 4.52 Å². The quantitative estimate of drug-likeness (QED) is 0.827. The van der Waals surface area contributed by atoms with Crippen molar-refractivity contribution in [2.24, 2.45) is 0 Å². The van der Waals surface area contributed by atoms with Crippen LogP contribution >= 0.6 is 0 Å². The molecule has 0 bridgehead atoms. The number of nitrogens with zero attached hydrogens (tertiary/aromatic N) is 4. The molecule has 102 valence electrons. The monoisotopic (exact) mass is 264 g/mol. The molecule has 0 unspecified atom stereocenters. The van der Waals surface area contributed by atoms with Crippen molar-refractivity contribution in [3.8, 4) is 0 Å². The summed E-state index contributed by atoms with van der Waals surface area (Å²) in [6.45, 7) is 6.10. The lowest BCUT2D eigenvalue weighted by Crippen LogP contribution is -2.27. The van der Waals surface area contributed by atoms with Gasteiger partial charge in [-0.3, -0.25) is 9.48 Å². The van der Waals surface area contributed by atoms with Crippen molar-refractivity contribution in [3.05, 3.63) is 23.1 Å². The molecular formula is C11H16N6O2. The predicted octanol–water partition coefficient (Wildman–Crippen LogP) is 0.415. The minimum Gasteiger partial charge on any atom is -0.395 e. The van der Waals surface area contributed by atoms with Gasteiger partial charge in [-0.2, -0.15) is 10.1 Å². The van der Waals surface area contributed by atoms with E-state index in [0.717, 1.165) is 0 Å². The van der Waals surface area contributed by atoms with E-state index in [0.29, 0.717) is 35.3 Å². The number of aryl methyl sites for hydroxylation is 3. The summed E-state index contributed by atoms with van der Waals surface area (Å²) in [6.07, 6.45) is 0. The van der Waals surface area contributed by atoms with E-state index in [1.807, 2.05) is 6.92 Å². The first-order valence-corrected chi connectivity index (χ1v) is 5.93. The predicted molar refractivity (Wildman–Crippen MR) is 67.3 cm³/mol. The molecule has 0 radical (unpaired) electrons. The fraction of sp³-hybridized carbons (Fsp3) is 0.455. The van der Waals surface area contributed by atoms with Crippen LogP contribution in [0.1, 0.15) is 34.8 Å². The number of nitrogens with one attached hydrogen (secondary N) is 1. The van der Waals surface area contributed by atoms with Gasteiger partial charge in [0.25, 0.3) is 5.91 Å². The van der Waals surface area contributed by atoms with E-state index < -0.39 is 0 Å². The molecule has 0 aliphatic rings. The summed E-state index contributed by atoms with van der Waals surface area (Å²) in [5, 5.41) is 10.6. The SMILES string of the molecule is CCn1nc(C)c(N)c1C(=O)NCc1noc(C)n1. The van der Waals surface area contributed by atoms with E-state index in [9.17, 15) is 4.79 Å². The summed E-state index contributed by atoms with van der Waals surface area (Å²) in [4.78, 5) is 16.1. The molecule has 0 atom stereocenters. The summed E-state index contributed by atoms with van der Waals surface area (Å²) >= 11 is 0. The average Bonchev–Trinajstić information content (AvgIpc) is 2.92. The van der Waals surface area contributed by atoms with Crippen molar-refractivity contribution in [2.45, 2.75) is 33.9 Å². The third kappa shape index (κ3) is 2.56. The van der Waals surface area contributed by atoms with Crippen LogP contribution in [-0.2, 0) is 13.1 Å². The van der Waals surface area contributed by atoms with Crippen molar-refractivity contribution in [3.63, 3.8) is 0 Å². The number of anilines is 1. The highest BCUT2D eigenvalue weighted by atomic mass is 16.5. The van der Waals surface area contributed by atoms with Gasteiger partial charge < -0.3 is 15.6 Å². The van der Waals surface area contributed by atoms with Gasteiger partial charge in [-0.05, 0) is 13.8 Å². The van der Waals surface area contributed by atoms with Gasteiger partial charge in [0.1, 0.15) is 5.69 Å². The third-order valence-electron chi connectivity index (χ3n) is 2.67. The Hall–Kier alpha value is -2.38. The van der Waals surface area contributed by atoms with E-state index in [-0.39, 0.29) is 12.5 Å². The molecule has 2 rings (SSSR count). The largest absolute Gasteiger partial charge is 0.395 e. The molecule has 2 aromatic heterocycles. The van der Waals surface area contributed by atoms with Crippen LogP contribution in [0.4, 0.5) is 5.69 Å². The van der Waals surface area contributed by atoms with Crippen LogP contribution in [0.2, 0.25) is 0 Å². The van der Waals surface area contributed by atoms with Gasteiger partial charge in [-0.25, -0.2) is 0 Å². The number of aromatic nitrogens is 4. The van der Waals surface area contributed by atoms with Crippen LogP contribution in [0.3, 0.4) is 0 Å². The van der Waals surface area contributed by atoms with E-state index in [1.54, 1.807) is 18.5 Å². The van der Waals surface area contributed by atoms with Gasteiger partial charge in [0.2, 0.25) is 5.89 Å². The van der Waals surface area contributed by atoms with Crippen molar-refractivity contribution >= 4 is 11.6 Å². The Morgan fingerprint density at radius 1 is 1.47 bits per heavy atom. The molecule has 2 aromatic rings. The molecule has 1 amide bonds. The maximum Gasteiger partial charge on any atom is 0.272 e. The molecule has 8 heteroatoms. The Kier molecular flexibility index (Phi) is 3.50. The average molecular weight is 264 g/mol. The fourth-order valence-electron chi connectivity index (χ4n) is 1.72. The molecule has 0 fully saturated rings. The summed E-state index contributed by atoms with van der Waals surface area (Å²) in [5.41, 5.74) is 7.25. The zero-order valence-electron chi connectivity index (χ0n) is 11.1. The van der Waals surface area contributed by atoms with Gasteiger partial charge in [-0.1, -0.05) is 5.16 Å². The van der Waals surface area contributed by atoms with Gasteiger partial charge in [0.05, 0.1) is 17.9 Å². The van der Waals surface area contributed by atoms with Crippen molar-refractivity contribution < 1.29 is 9.32 Å². The zero-order chi connectivity index (χ0) is 14.0. The number of nitrogen functional groups attached to an aromatic ring is 1.